The average Bonchev–Trinajstić information content (AvgIpc) is 1.62. The van der Waals surface area contributed by atoms with Crippen molar-refractivity contribution in [1.29, 1.82) is 0 Å². The molecule has 53 heteroatoms. The van der Waals surface area contributed by atoms with Gasteiger partial charge in [-0.2, -0.15) is 59.4 Å². The van der Waals surface area contributed by atoms with E-state index in [1.54, 1.807) is 25.1 Å². The highest BCUT2D eigenvalue weighted by Gasteiger charge is 2.63. The summed E-state index contributed by atoms with van der Waals surface area (Å²) in [5.74, 6) is -17.7. The van der Waals surface area contributed by atoms with Gasteiger partial charge < -0.3 is 119 Å². The Hall–Kier alpha value is -12.6. The first-order chi connectivity index (χ1) is 58.6. The van der Waals surface area contributed by atoms with Crippen LogP contribution >= 0.6 is 15.9 Å². The fourth-order valence-corrected chi connectivity index (χ4v) is 13.4. The number of alkyl halides is 9. The molecule has 4 saturated heterocycles. The lowest BCUT2D eigenvalue weighted by atomic mass is 10.1. The Balaban J connectivity index is 0.000000142. The number of nitrogens with one attached hydrogen (secondary N) is 4. The number of nitrogens with zero attached hydrogens (tertiary/aromatic N) is 9. The van der Waals surface area contributed by atoms with Crippen LogP contribution in [-0.4, -0.2) is 239 Å². The molecule has 0 spiro atoms. The van der Waals surface area contributed by atoms with Crippen molar-refractivity contribution >= 4 is 68.5 Å². The second kappa shape index (κ2) is 35.0. The van der Waals surface area contributed by atoms with Crippen LogP contribution in [0.15, 0.2) is 127 Å². The van der Waals surface area contributed by atoms with Crippen LogP contribution in [-0.2, 0) is 18.9 Å². The van der Waals surface area contributed by atoms with E-state index < -0.39 is 192 Å². The molecular weight excluding hydrogens is 1770 g/mol. The first-order valence-corrected chi connectivity index (χ1v) is 36.6. The van der Waals surface area contributed by atoms with Gasteiger partial charge in [0, 0.05) is 53.4 Å². The number of amides is 4. The molecule has 12 N–H and O–H groups in total. The standard InChI is InChI=1S/C19H19F2N3O7.C18H16F3N3O7.C17H14BrF2N3O7.C17H14F2N4O9/c1-9-6-11-12(30-5-4-29-11)7-10(9)16(27)22-14-2-3-24(18(28)23-14)17-19(20,21)15(26)13(8-25)31-17;1-17(19)30-9-3-2-8(6-10(9)31-17)14(27)22-12-4-5-24(16(28)23-12)15-18(20,21)13(26)11(7-25)29-15;18-7-1-2-8-12(29-6-28-8)11(7)14(26)21-10-3-4-23(16(27)22-10)15-17(19,20)13(25)9(5-24)30-15;18-17(19)13(25)11(5-24)32-15(17)22-2-1-12(21-16(22)27)20-14(26)7-3-9-10(31-6-30-9)4-8(7)23(28)29/h2-3,6-7,13,15,17,25-26H,4-5,8H2,1H3,(H,22,23,27,28);2-6,11,13,15,25-26H,7H2,1H3,(H,22,23,27,28);1-4,9,13,15,24-25H,5-6H2,(H,21,22,26,27);1-4,11,13,15,24-25H,5-6H2,(H,20,21,26,27)/t13-,15-,17?;11-,13-,15?,17?;9-,13?,15-;11-,13-,15?/m1111/s1. The van der Waals surface area contributed by atoms with Crippen LogP contribution < -0.4 is 81.9 Å². The minimum atomic E-state index is -3.91. The lowest BCUT2D eigenvalue weighted by Gasteiger charge is -2.21. The molecule has 0 saturated carbocycles. The number of carbonyl (C=O) groups is 4. The molecule has 16 rings (SSSR count). The largest absolute Gasteiger partial charge is 0.486 e. The topological polar surface area (TPSA) is 572 Å². The van der Waals surface area contributed by atoms with Gasteiger partial charge in [0.15, 0.2) is 70.4 Å². The Labute approximate surface area is 691 Å². The Morgan fingerprint density at radius 1 is 0.460 bits per heavy atom. The summed E-state index contributed by atoms with van der Waals surface area (Å²) in [5, 5.41) is 95.1. The zero-order valence-electron chi connectivity index (χ0n) is 62.8. The highest BCUT2D eigenvalue weighted by Crippen LogP contribution is 2.48. The van der Waals surface area contributed by atoms with Crippen molar-refractivity contribution in [2.75, 3.05) is 74.5 Å². The summed E-state index contributed by atoms with van der Waals surface area (Å²) in [6.45, 7) is -0.239. The zero-order valence-corrected chi connectivity index (χ0v) is 64.3. The second-order valence-corrected chi connectivity index (χ2v) is 28.1. The Morgan fingerprint density at radius 3 is 1.21 bits per heavy atom. The second-order valence-electron chi connectivity index (χ2n) is 27.3. The molecule has 8 aliphatic heterocycles. The quantitative estimate of drug-likeness (QED) is 0.0353. The molecule has 12 heterocycles. The summed E-state index contributed by atoms with van der Waals surface area (Å²) < 4.78 is 191. The summed E-state index contributed by atoms with van der Waals surface area (Å²) in [5.41, 5.74) is -4.75. The van der Waals surface area contributed by atoms with Gasteiger partial charge in [0.2, 0.25) is 38.5 Å². The van der Waals surface area contributed by atoms with E-state index in [4.69, 9.17) is 77.3 Å². The number of aliphatic hydroxyl groups excluding tert-OH is 8. The fraction of sp³-hybridized carbons (Fsp3) is 0.380. The van der Waals surface area contributed by atoms with Crippen LogP contribution in [0.1, 0.15) is 78.8 Å². The van der Waals surface area contributed by atoms with Gasteiger partial charge in [0.05, 0.1) is 43.0 Å². The Bertz CT molecular complexity index is 5760. The molecule has 5 unspecified atom stereocenters. The molecule has 4 fully saturated rings. The van der Waals surface area contributed by atoms with Crippen molar-refractivity contribution in [3.8, 4) is 46.0 Å². The van der Waals surface area contributed by atoms with E-state index in [0.29, 0.717) is 58.8 Å². The number of hydrogen-bond acceptors (Lipinski definition) is 34. The molecule has 4 amide bonds. The lowest BCUT2D eigenvalue weighted by molar-refractivity contribution is -0.385. The van der Waals surface area contributed by atoms with Crippen LogP contribution in [0.5, 0.6) is 46.0 Å². The molecule has 0 radical (unpaired) electrons. The van der Waals surface area contributed by atoms with Crippen LogP contribution in [0.2, 0.25) is 0 Å². The molecule has 43 nitrogen and oxygen atoms in total. The highest BCUT2D eigenvalue weighted by molar-refractivity contribution is 9.10. The van der Waals surface area contributed by atoms with Gasteiger partial charge in [0.1, 0.15) is 66.5 Å². The van der Waals surface area contributed by atoms with Crippen molar-refractivity contribution in [1.82, 2.24) is 38.2 Å². The lowest BCUT2D eigenvalue weighted by Crippen LogP contribution is -2.41. The molecular formula is C71H63BrF9N13O30. The molecule has 4 aromatic carbocycles. The van der Waals surface area contributed by atoms with Gasteiger partial charge in [0.25, 0.3) is 29.3 Å². The molecule has 13 atom stereocenters. The summed E-state index contributed by atoms with van der Waals surface area (Å²) in [6, 6.07) is 14.2. The fourth-order valence-electron chi connectivity index (χ4n) is 12.9. The Kier molecular flexibility index (Phi) is 25.2. The molecule has 124 heavy (non-hydrogen) atoms. The van der Waals surface area contributed by atoms with E-state index in [9.17, 15) is 108 Å². The van der Waals surface area contributed by atoms with E-state index in [0.717, 1.165) is 68.1 Å². The van der Waals surface area contributed by atoms with Gasteiger partial charge in [-0.05, 0) is 95.1 Å². The number of carbonyl (C=O) groups excluding carboxylic acids is 4. The maximum absolute atomic E-state index is 14.3. The van der Waals surface area contributed by atoms with E-state index >= 15 is 0 Å². The predicted molar refractivity (Wildman–Crippen MR) is 392 cm³/mol. The van der Waals surface area contributed by atoms with Crippen LogP contribution in [0.4, 0.5) is 68.5 Å². The third-order valence-corrected chi connectivity index (χ3v) is 19.8. The van der Waals surface area contributed by atoms with Gasteiger partial charge in [-0.15, -0.1) is 0 Å². The number of fused-ring (bicyclic) bond motifs is 4. The summed E-state index contributed by atoms with van der Waals surface area (Å²) in [7, 11) is 0. The van der Waals surface area contributed by atoms with Gasteiger partial charge >= 0.3 is 52.5 Å². The molecule has 0 aliphatic carbocycles. The Morgan fingerprint density at radius 2 is 0.806 bits per heavy atom. The maximum Gasteiger partial charge on any atom is 0.404 e. The molecule has 8 aromatic rings. The van der Waals surface area contributed by atoms with E-state index in [2.05, 4.69) is 57.1 Å². The number of hydrogen-bond donors (Lipinski definition) is 12. The van der Waals surface area contributed by atoms with Crippen molar-refractivity contribution < 1.29 is 161 Å². The van der Waals surface area contributed by atoms with Crippen molar-refractivity contribution in [3.63, 3.8) is 0 Å². The smallest absolute Gasteiger partial charge is 0.404 e. The van der Waals surface area contributed by atoms with Gasteiger partial charge in [-0.25, -0.2) is 19.2 Å². The first-order valence-electron chi connectivity index (χ1n) is 35.8. The number of aliphatic hydroxyl groups is 8. The number of aryl methyl sites for hydroxylation is 1. The maximum atomic E-state index is 14.3. The molecule has 4 aromatic heterocycles. The van der Waals surface area contributed by atoms with Crippen LogP contribution in [0, 0.1) is 17.0 Å². The first kappa shape index (κ1) is 89.2. The van der Waals surface area contributed by atoms with Gasteiger partial charge in [-0.1, -0.05) is 0 Å². The molecule has 662 valence electrons. The number of rotatable bonds is 17. The molecule has 8 aliphatic rings. The highest BCUT2D eigenvalue weighted by atomic mass is 79.9. The van der Waals surface area contributed by atoms with Crippen molar-refractivity contribution in [2.24, 2.45) is 0 Å². The minimum Gasteiger partial charge on any atom is -0.486 e. The average molecular weight is 1830 g/mol. The number of nitro benzene ring substituents is 1. The van der Waals surface area contributed by atoms with E-state index in [1.165, 1.54) is 24.3 Å². The SMILES string of the molecule is CC1(F)Oc2ccc(C(=O)Nc3ccn(C4O[C@H](CO)[C@@H](O)C4(F)F)c(=O)n3)cc2O1.Cc1cc2c(cc1C(=O)Nc1ccn(C3O[C@H](CO)[C@@H](O)C3(F)F)c(=O)n1)OCCO2.O=C(Nc1ccn(C2O[C@H](CO)[C@@H](O)C2(F)F)c(=O)n1)c1cc2c(cc1[N+](=O)[O-])OCO2.O=C(Nc1ccn([C@@H]2O[C@H](CO)C(O)C2(F)F)c(=O)n1)c1c(Br)ccc2c1OCO2. The summed E-state index contributed by atoms with van der Waals surface area (Å²) in [6.07, 6.45) is -20.6. The number of ether oxygens (including phenoxy) is 12. The normalized spacial score (nSPS) is 25.0. The number of halogens is 10. The summed E-state index contributed by atoms with van der Waals surface area (Å²) >= 11 is 3.24. The predicted octanol–water partition coefficient (Wildman–Crippen LogP) is 2.15. The summed E-state index contributed by atoms with van der Waals surface area (Å²) in [4.78, 5) is 124. The number of anilines is 4. The van der Waals surface area contributed by atoms with Crippen LogP contribution in [0.25, 0.3) is 0 Å². The van der Waals surface area contributed by atoms with Crippen LogP contribution in [0.3, 0.4) is 0 Å². The van der Waals surface area contributed by atoms with E-state index in [-0.39, 0.29) is 82.3 Å². The molecule has 0 bridgehead atoms. The third kappa shape index (κ3) is 17.6. The zero-order chi connectivity index (χ0) is 89.7. The van der Waals surface area contributed by atoms with Crippen molar-refractivity contribution in [2.45, 2.75) is 117 Å². The number of nitro groups is 1. The number of aromatic nitrogens is 8. The minimum absolute atomic E-state index is 0.00126. The monoisotopic (exact) mass is 1830 g/mol. The third-order valence-electron chi connectivity index (χ3n) is 19.1. The van der Waals surface area contributed by atoms with Gasteiger partial charge in [-0.3, -0.25) is 47.6 Å². The van der Waals surface area contributed by atoms with Crippen molar-refractivity contribution in [3.05, 3.63) is 188 Å². The number of benzene rings is 4. The van der Waals surface area contributed by atoms with E-state index in [1.807, 2.05) is 0 Å².